The summed E-state index contributed by atoms with van der Waals surface area (Å²) in [4.78, 5) is 0. The Morgan fingerprint density at radius 1 is 0.794 bits per heavy atom. The number of rotatable bonds is 0. The molecule has 0 saturated heterocycles. The maximum atomic E-state index is 3.53. The molecule has 0 nitrogen and oxygen atoms in total. The van der Waals surface area contributed by atoms with Crippen molar-refractivity contribution in [3.8, 4) is 11.1 Å². The van der Waals surface area contributed by atoms with Gasteiger partial charge in [-0.05, 0) is 17.4 Å². The molecule has 2 aliphatic rings. The largest absolute Gasteiger partial charge is 0.214 e. The first-order valence-electron chi connectivity index (χ1n) is 12.0. The van der Waals surface area contributed by atoms with Crippen LogP contribution in [0.1, 0.15) is 89.5 Å². The fourth-order valence-electron chi connectivity index (χ4n) is 4.11. The van der Waals surface area contributed by atoms with Crippen molar-refractivity contribution in [1.82, 2.24) is 0 Å². The molecule has 3 aromatic carbocycles. The van der Waals surface area contributed by atoms with E-state index in [0.717, 1.165) is 6.42 Å². The molecule has 3 heteroatoms. The topological polar surface area (TPSA) is 0 Å². The van der Waals surface area contributed by atoms with Gasteiger partial charge in [-0.2, -0.15) is 47.5 Å². The molecule has 2 aliphatic carbocycles. The van der Waals surface area contributed by atoms with Gasteiger partial charge in [-0.3, -0.25) is 0 Å². The Balaban J connectivity index is 0.000000367. The van der Waals surface area contributed by atoms with Crippen molar-refractivity contribution in [2.24, 2.45) is 0 Å². The number of fused-ring (bicyclic) bond motifs is 3. The van der Waals surface area contributed by atoms with Crippen LogP contribution in [0.3, 0.4) is 0 Å². The predicted octanol–water partition coefficient (Wildman–Crippen LogP) is 2.35. The molecular weight excluding hydrogens is 491 g/mol. The second-order valence-electron chi connectivity index (χ2n) is 11.1. The van der Waals surface area contributed by atoms with E-state index in [1.807, 2.05) is 30.3 Å². The SMILES string of the molecule is CC(C)(C)c1c[c-]c2c(c1)-c1cc(C(C)(C)C)ccc1C2.[Cl-].[Cl-].[Ti+2]=[C]1CCCC1.c1cc[cH-]c1. The maximum Gasteiger partial charge on any atom is -0.172 e. The molecule has 0 spiro atoms. The van der Waals surface area contributed by atoms with Crippen LogP contribution in [0.4, 0.5) is 0 Å². The maximum absolute atomic E-state index is 3.53. The van der Waals surface area contributed by atoms with E-state index in [9.17, 15) is 0 Å². The zero-order valence-corrected chi connectivity index (χ0v) is 24.6. The van der Waals surface area contributed by atoms with Gasteiger partial charge in [-0.25, -0.2) is 12.1 Å². The van der Waals surface area contributed by atoms with Crippen molar-refractivity contribution >= 4 is 3.81 Å². The number of hydrogen-bond donors (Lipinski definition) is 0. The summed E-state index contributed by atoms with van der Waals surface area (Å²) >= 11 is 2.26. The minimum absolute atomic E-state index is 0. The van der Waals surface area contributed by atoms with Crippen LogP contribution in [0, 0.1) is 6.07 Å². The summed E-state index contributed by atoms with van der Waals surface area (Å²) in [6.45, 7) is 13.6. The summed E-state index contributed by atoms with van der Waals surface area (Å²) in [5, 5.41) is 0. The molecule has 0 aliphatic heterocycles. The zero-order chi connectivity index (χ0) is 23.4. The molecule has 3 aromatic rings. The Hall–Kier alpha value is -1.05. The van der Waals surface area contributed by atoms with Crippen LogP contribution in [0.15, 0.2) is 60.7 Å². The van der Waals surface area contributed by atoms with Gasteiger partial charge >= 0.3 is 49.5 Å². The minimum atomic E-state index is 0. The quantitative estimate of drug-likeness (QED) is 0.243. The van der Waals surface area contributed by atoms with Gasteiger partial charge in [0, 0.05) is 0 Å². The first-order chi connectivity index (χ1) is 15.1. The molecule has 0 bridgehead atoms. The number of halogens is 2. The Morgan fingerprint density at radius 3 is 1.79 bits per heavy atom. The predicted molar refractivity (Wildman–Crippen MR) is 136 cm³/mol. The fourth-order valence-corrected chi connectivity index (χ4v) is 4.66. The summed E-state index contributed by atoms with van der Waals surface area (Å²) in [7, 11) is 0. The summed E-state index contributed by atoms with van der Waals surface area (Å²) in [6, 6.07) is 25.1. The average molecular weight is 529 g/mol. The van der Waals surface area contributed by atoms with Crippen molar-refractivity contribution in [1.29, 1.82) is 0 Å². The normalized spacial score (nSPS) is 13.8. The molecule has 182 valence electrons. The van der Waals surface area contributed by atoms with Crippen molar-refractivity contribution in [2.75, 3.05) is 0 Å². The molecule has 5 rings (SSSR count). The smallest absolute Gasteiger partial charge is 0.172 e. The summed E-state index contributed by atoms with van der Waals surface area (Å²) in [5.41, 5.74) is 8.76. The summed E-state index contributed by atoms with van der Waals surface area (Å²) in [6.07, 6.45) is 6.73. The third-order valence-electron chi connectivity index (χ3n) is 6.29. The van der Waals surface area contributed by atoms with E-state index < -0.39 is 0 Å². The Labute approximate surface area is 232 Å². The van der Waals surface area contributed by atoms with Gasteiger partial charge in [0.1, 0.15) is 0 Å². The van der Waals surface area contributed by atoms with E-state index >= 15 is 0 Å². The van der Waals surface area contributed by atoms with Gasteiger partial charge in [-0.15, -0.1) is 5.56 Å². The summed E-state index contributed by atoms with van der Waals surface area (Å²) < 4.78 is 1.70. The second-order valence-corrected chi connectivity index (χ2v) is 12.2. The van der Waals surface area contributed by atoms with E-state index in [2.05, 4.69) is 97.9 Å². The van der Waals surface area contributed by atoms with Crippen molar-refractivity contribution in [3.05, 3.63) is 89.0 Å². The molecule has 0 atom stereocenters. The standard InChI is InChI=1S/C21H25.C5H8.C5H5.2ClH.Ti/c1-20(2,3)16-9-7-14-11-15-8-10-17(21(4,5)6)13-19(15)18(14)12-16;2*1-2-4-5-3-1;;;/h7,9-10,12-13H,11H2,1-6H3;1-4H2;1-5H;2*1H;/q-1;;-1;;;+2/p-2. The van der Waals surface area contributed by atoms with Crippen molar-refractivity contribution in [3.63, 3.8) is 0 Å². The van der Waals surface area contributed by atoms with Gasteiger partial charge in [0.25, 0.3) is 0 Å². The Kier molecular flexibility index (Phi) is 12.1. The first kappa shape index (κ1) is 31.0. The first-order valence-corrected chi connectivity index (χ1v) is 12.8. The number of hydrogen-bond acceptors (Lipinski definition) is 0. The minimum Gasteiger partial charge on any atom is -0.214 e. The molecule has 34 heavy (non-hydrogen) atoms. The van der Waals surface area contributed by atoms with Gasteiger partial charge in [0.2, 0.25) is 0 Å². The zero-order valence-electron chi connectivity index (χ0n) is 21.6. The van der Waals surface area contributed by atoms with Crippen LogP contribution in [0.2, 0.25) is 0 Å². The fraction of sp³-hybridized carbons (Fsp3) is 0.419. The third-order valence-corrected chi connectivity index (χ3v) is 7.07. The number of benzene rings is 2. The van der Waals surface area contributed by atoms with E-state index in [4.69, 9.17) is 0 Å². The second kappa shape index (κ2) is 13.3. The van der Waals surface area contributed by atoms with Crippen LogP contribution in [-0.4, -0.2) is 3.81 Å². The van der Waals surface area contributed by atoms with Crippen LogP contribution in [0.5, 0.6) is 0 Å². The third kappa shape index (κ3) is 8.56. The van der Waals surface area contributed by atoms with E-state index in [1.165, 1.54) is 59.1 Å². The van der Waals surface area contributed by atoms with Crippen LogP contribution in [-0.2, 0) is 37.2 Å². The van der Waals surface area contributed by atoms with Crippen molar-refractivity contribution < 1.29 is 44.8 Å². The van der Waals surface area contributed by atoms with Gasteiger partial charge in [0.15, 0.2) is 0 Å². The Bertz CT molecular complexity index is 948. The van der Waals surface area contributed by atoms with Gasteiger partial charge < -0.3 is 24.8 Å². The van der Waals surface area contributed by atoms with Gasteiger partial charge in [0.05, 0.1) is 0 Å². The Morgan fingerprint density at radius 2 is 1.35 bits per heavy atom. The van der Waals surface area contributed by atoms with Crippen LogP contribution >= 0.6 is 0 Å². The van der Waals surface area contributed by atoms with Crippen molar-refractivity contribution in [2.45, 2.75) is 84.5 Å². The molecule has 0 amide bonds. The van der Waals surface area contributed by atoms with E-state index in [1.54, 1.807) is 3.81 Å². The molecule has 1 saturated carbocycles. The molecule has 0 N–H and O–H groups in total. The molecule has 0 unspecified atom stereocenters. The molecule has 0 radical (unpaired) electrons. The van der Waals surface area contributed by atoms with E-state index in [-0.39, 0.29) is 35.6 Å². The molecule has 0 aromatic heterocycles. The average Bonchev–Trinajstić information content (AvgIpc) is 3.49. The molecule has 0 heterocycles. The van der Waals surface area contributed by atoms with Gasteiger partial charge in [-0.1, -0.05) is 76.3 Å². The molecule has 1 fully saturated rings. The monoisotopic (exact) mass is 528 g/mol. The van der Waals surface area contributed by atoms with Crippen LogP contribution < -0.4 is 24.8 Å². The molecular formula is C31H38Cl2Ti-2. The van der Waals surface area contributed by atoms with E-state index in [0.29, 0.717) is 0 Å². The van der Waals surface area contributed by atoms with Crippen LogP contribution in [0.25, 0.3) is 11.1 Å². The summed E-state index contributed by atoms with van der Waals surface area (Å²) in [5.74, 6) is 0.